The number of terminal acetylenes is 1. The van der Waals surface area contributed by atoms with E-state index in [0.717, 1.165) is 51.6 Å². The highest BCUT2D eigenvalue weighted by atomic mass is 31.0. The van der Waals surface area contributed by atoms with Gasteiger partial charge in [0.05, 0.1) is 16.8 Å². The molecule has 2 aromatic carbocycles. The van der Waals surface area contributed by atoms with Gasteiger partial charge in [-0.05, 0) is 48.5 Å². The molecule has 2 heterocycles. The predicted octanol–water partition coefficient (Wildman–Crippen LogP) is 4.75. The van der Waals surface area contributed by atoms with E-state index in [0.29, 0.717) is 17.8 Å². The lowest BCUT2D eigenvalue weighted by molar-refractivity contribution is 0.442. The van der Waals surface area contributed by atoms with Crippen LogP contribution in [-0.2, 0) is 0 Å². The molecule has 1 atom stereocenters. The third kappa shape index (κ3) is 3.20. The summed E-state index contributed by atoms with van der Waals surface area (Å²) in [5.41, 5.74) is 5.29. The Kier molecular flexibility index (Phi) is 4.65. The third-order valence-corrected chi connectivity index (χ3v) is 5.86. The van der Waals surface area contributed by atoms with Gasteiger partial charge in [-0.25, -0.2) is 9.97 Å². The van der Waals surface area contributed by atoms with E-state index in [-0.39, 0.29) is 0 Å². The summed E-state index contributed by atoms with van der Waals surface area (Å²) in [6.07, 6.45) is 11.6. The number of aromatic nitrogens is 3. The van der Waals surface area contributed by atoms with Crippen molar-refractivity contribution in [2.45, 2.75) is 18.9 Å². The fourth-order valence-corrected chi connectivity index (χ4v) is 4.30. The Morgan fingerprint density at radius 1 is 1.17 bits per heavy atom. The zero-order valence-corrected chi connectivity index (χ0v) is 17.7. The molecule has 1 N–H and O–H groups in total. The van der Waals surface area contributed by atoms with Crippen molar-refractivity contribution in [3.63, 3.8) is 0 Å². The Morgan fingerprint density at radius 2 is 1.97 bits per heavy atom. The van der Waals surface area contributed by atoms with Gasteiger partial charge in [0.15, 0.2) is 0 Å². The number of nitrogens with one attached hydrogen (secondary N) is 1. The molecule has 0 aliphatic heterocycles. The van der Waals surface area contributed by atoms with Crippen molar-refractivity contribution in [2.24, 2.45) is 0 Å². The van der Waals surface area contributed by atoms with Crippen molar-refractivity contribution in [2.75, 3.05) is 12.4 Å². The second-order valence-electron chi connectivity index (χ2n) is 7.33. The van der Waals surface area contributed by atoms with Gasteiger partial charge >= 0.3 is 6.01 Å². The molecule has 5 nitrogen and oxygen atoms in total. The first-order valence-electron chi connectivity index (χ1n) is 9.86. The Balaban J connectivity index is 1.70. The van der Waals surface area contributed by atoms with E-state index in [1.807, 2.05) is 25.2 Å². The van der Waals surface area contributed by atoms with Gasteiger partial charge in [0.25, 0.3) is 0 Å². The average Bonchev–Trinajstić information content (AvgIpc) is 3.55. The topological polar surface area (TPSA) is 52.0 Å². The molecule has 4 aromatic rings. The van der Waals surface area contributed by atoms with Crippen LogP contribution >= 0.6 is 9.24 Å². The first-order chi connectivity index (χ1) is 14.7. The molecular formula is C24H21N4OP. The molecule has 1 unspecified atom stereocenters. The van der Waals surface area contributed by atoms with Crippen molar-refractivity contribution >= 4 is 31.1 Å². The molecule has 0 bridgehead atoms. The maximum Gasteiger partial charge on any atom is 0.321 e. The molecule has 0 amide bonds. The molecule has 0 saturated heterocycles. The van der Waals surface area contributed by atoms with Crippen molar-refractivity contribution in [1.29, 1.82) is 0 Å². The van der Waals surface area contributed by atoms with Crippen LogP contribution in [0.15, 0.2) is 54.9 Å². The van der Waals surface area contributed by atoms with E-state index in [1.54, 1.807) is 18.5 Å². The van der Waals surface area contributed by atoms with Crippen LogP contribution in [0.2, 0.25) is 0 Å². The van der Waals surface area contributed by atoms with Crippen molar-refractivity contribution in [3.8, 4) is 35.4 Å². The van der Waals surface area contributed by atoms with Crippen LogP contribution in [0.4, 0.5) is 5.69 Å². The molecule has 1 aliphatic rings. The van der Waals surface area contributed by atoms with Gasteiger partial charge in [0, 0.05) is 48.2 Å². The van der Waals surface area contributed by atoms with Crippen LogP contribution in [0.1, 0.15) is 24.4 Å². The lowest BCUT2D eigenvalue weighted by Gasteiger charge is -2.13. The molecule has 0 spiro atoms. The Hall–Kier alpha value is -3.35. The Bertz CT molecular complexity index is 1290. The van der Waals surface area contributed by atoms with Crippen LogP contribution in [0.5, 0.6) is 11.8 Å². The smallest absolute Gasteiger partial charge is 0.321 e. The lowest BCUT2D eigenvalue weighted by Crippen LogP contribution is -2.04. The van der Waals surface area contributed by atoms with Crippen LogP contribution in [0, 0.1) is 12.3 Å². The van der Waals surface area contributed by atoms with E-state index in [9.17, 15) is 0 Å². The van der Waals surface area contributed by atoms with Gasteiger partial charge in [-0.3, -0.25) is 0 Å². The van der Waals surface area contributed by atoms with Crippen LogP contribution in [0.3, 0.4) is 0 Å². The Morgan fingerprint density at radius 3 is 2.63 bits per heavy atom. The van der Waals surface area contributed by atoms with Crippen LogP contribution < -0.4 is 15.4 Å². The standard InChI is InChI=1S/C24H21N4OP/c1-3-18-19-9-8-17(29-24-26-11-4-12-27-24)14-21(19)28(16-6-7-16)23(18)15-5-10-20(25-2)22(30)13-15/h1,4-5,8-14,16,25H,6-7,30H2,2H3. The second kappa shape index (κ2) is 7.48. The third-order valence-electron chi connectivity index (χ3n) is 5.38. The zero-order chi connectivity index (χ0) is 20.7. The van der Waals surface area contributed by atoms with E-state index < -0.39 is 0 Å². The summed E-state index contributed by atoms with van der Waals surface area (Å²) in [7, 11) is 4.73. The summed E-state index contributed by atoms with van der Waals surface area (Å²) < 4.78 is 8.26. The lowest BCUT2D eigenvalue weighted by atomic mass is 10.0. The number of nitrogens with zero attached hydrogens (tertiary/aromatic N) is 3. The number of hydrogen-bond acceptors (Lipinski definition) is 4. The zero-order valence-electron chi connectivity index (χ0n) is 16.6. The summed E-state index contributed by atoms with van der Waals surface area (Å²) in [5, 5.41) is 5.38. The maximum atomic E-state index is 6.01. The highest BCUT2D eigenvalue weighted by molar-refractivity contribution is 7.28. The molecule has 1 aliphatic carbocycles. The van der Waals surface area contributed by atoms with E-state index in [1.165, 1.54) is 0 Å². The monoisotopic (exact) mass is 412 g/mol. The molecular weight excluding hydrogens is 391 g/mol. The Labute approximate surface area is 177 Å². The minimum atomic E-state index is 0.328. The van der Waals surface area contributed by atoms with Crippen LogP contribution in [-0.4, -0.2) is 21.6 Å². The fourth-order valence-electron chi connectivity index (χ4n) is 3.88. The second-order valence-corrected chi connectivity index (χ2v) is 7.96. The molecule has 6 heteroatoms. The van der Waals surface area contributed by atoms with Gasteiger partial charge in [-0.15, -0.1) is 15.7 Å². The summed E-state index contributed by atoms with van der Waals surface area (Å²) in [6, 6.07) is 14.9. The highest BCUT2D eigenvalue weighted by Gasteiger charge is 2.30. The number of anilines is 1. The minimum absolute atomic E-state index is 0.328. The van der Waals surface area contributed by atoms with Crippen molar-refractivity contribution < 1.29 is 4.74 Å². The van der Waals surface area contributed by atoms with Gasteiger partial charge in [0.2, 0.25) is 0 Å². The first-order valence-corrected chi connectivity index (χ1v) is 10.4. The molecule has 148 valence electrons. The number of benzene rings is 2. The fraction of sp³-hybridized carbons (Fsp3) is 0.167. The SMILES string of the molecule is C#Cc1c(-c2ccc(NC)c(P)c2)n(C2CC2)c2cc(Oc3ncccn3)ccc12. The average molecular weight is 412 g/mol. The van der Waals surface area contributed by atoms with Crippen molar-refractivity contribution in [1.82, 2.24) is 14.5 Å². The van der Waals surface area contributed by atoms with Gasteiger partial charge in [0.1, 0.15) is 5.75 Å². The quantitative estimate of drug-likeness (QED) is 0.380. The van der Waals surface area contributed by atoms with Gasteiger partial charge in [-0.1, -0.05) is 12.0 Å². The highest BCUT2D eigenvalue weighted by Crippen LogP contribution is 2.45. The van der Waals surface area contributed by atoms with E-state index >= 15 is 0 Å². The van der Waals surface area contributed by atoms with Gasteiger partial charge in [-0.2, -0.15) is 0 Å². The molecule has 0 radical (unpaired) electrons. The summed E-state index contributed by atoms with van der Waals surface area (Å²) in [4.78, 5) is 8.31. The van der Waals surface area contributed by atoms with Crippen molar-refractivity contribution in [3.05, 3.63) is 60.4 Å². The molecule has 30 heavy (non-hydrogen) atoms. The molecule has 1 saturated carbocycles. The first kappa shape index (κ1) is 18.7. The predicted molar refractivity (Wildman–Crippen MR) is 125 cm³/mol. The van der Waals surface area contributed by atoms with Gasteiger partial charge < -0.3 is 14.6 Å². The van der Waals surface area contributed by atoms with E-state index in [4.69, 9.17) is 11.2 Å². The summed E-state index contributed by atoms with van der Waals surface area (Å²) >= 11 is 0. The molecule has 5 rings (SSSR count). The summed E-state index contributed by atoms with van der Waals surface area (Å²) in [5.74, 6) is 3.64. The normalized spacial score (nSPS) is 13.2. The molecule has 1 fully saturated rings. The largest absolute Gasteiger partial charge is 0.424 e. The maximum absolute atomic E-state index is 6.01. The van der Waals surface area contributed by atoms with E-state index in [2.05, 4.69) is 53.2 Å². The number of rotatable bonds is 5. The minimum Gasteiger partial charge on any atom is -0.424 e. The number of ether oxygens (including phenoxy) is 1. The number of hydrogen-bond donors (Lipinski definition) is 1. The van der Waals surface area contributed by atoms with Crippen LogP contribution in [0.25, 0.3) is 22.2 Å². The molecule has 2 aromatic heterocycles. The number of fused-ring (bicyclic) bond motifs is 1. The summed E-state index contributed by atoms with van der Waals surface area (Å²) in [6.45, 7) is 0.